The number of aromatic nitrogens is 4. The van der Waals surface area contributed by atoms with Crippen LogP contribution in [-0.4, -0.2) is 25.5 Å². The molecule has 3 rings (SSSR count). The number of nitrogens with zero attached hydrogens (tertiary/aromatic N) is 4. The lowest BCUT2D eigenvalue weighted by molar-refractivity contribution is 0.0921. The highest BCUT2D eigenvalue weighted by atomic mass is 16.4. The van der Waals surface area contributed by atoms with E-state index in [1.54, 1.807) is 18.3 Å². The fourth-order valence-electron chi connectivity index (χ4n) is 2.51. The van der Waals surface area contributed by atoms with E-state index in [-0.39, 0.29) is 5.91 Å². The molecule has 0 aromatic carbocycles. The second-order valence-electron chi connectivity index (χ2n) is 5.74. The molecule has 0 aliphatic rings. The smallest absolute Gasteiger partial charge is 0.287 e. The molecule has 0 unspecified atom stereocenters. The summed E-state index contributed by atoms with van der Waals surface area (Å²) in [5.41, 5.74) is 2.98. The monoisotopic (exact) mass is 327 g/mol. The Balaban J connectivity index is 1.60. The van der Waals surface area contributed by atoms with Gasteiger partial charge in [0.2, 0.25) is 0 Å². The number of rotatable bonds is 6. The fourth-order valence-corrected chi connectivity index (χ4v) is 2.51. The van der Waals surface area contributed by atoms with Crippen LogP contribution in [-0.2, 0) is 19.6 Å². The van der Waals surface area contributed by atoms with Gasteiger partial charge in [-0.15, -0.1) is 0 Å². The molecule has 3 aromatic rings. The lowest BCUT2D eigenvalue weighted by atomic mass is 10.3. The Bertz CT molecular complexity index is 843. The minimum absolute atomic E-state index is 0.237. The number of aryl methyl sites for hydroxylation is 3. The van der Waals surface area contributed by atoms with Crippen LogP contribution in [0, 0.1) is 13.8 Å². The Kier molecular flexibility index (Phi) is 4.50. The van der Waals surface area contributed by atoms with Crippen molar-refractivity contribution < 1.29 is 9.21 Å². The quantitative estimate of drug-likeness (QED) is 0.753. The molecule has 1 N–H and O–H groups in total. The number of hydrogen-bond acceptors (Lipinski definition) is 4. The highest BCUT2D eigenvalue weighted by Crippen LogP contribution is 2.12. The van der Waals surface area contributed by atoms with E-state index in [9.17, 15) is 4.79 Å². The second kappa shape index (κ2) is 6.74. The Hall–Kier alpha value is -2.83. The summed E-state index contributed by atoms with van der Waals surface area (Å²) in [5, 5.41) is 11.4. The first kappa shape index (κ1) is 16.0. The van der Waals surface area contributed by atoms with Crippen LogP contribution < -0.4 is 5.32 Å². The highest BCUT2D eigenvalue weighted by molar-refractivity contribution is 5.91. The Labute approximate surface area is 140 Å². The SMILES string of the molecule is CCn1cc(CNC(=O)c2ccc(Cn3nc(C)cc3C)o2)cn1. The zero-order chi connectivity index (χ0) is 17.1. The molecule has 1 amide bonds. The van der Waals surface area contributed by atoms with Crippen LogP contribution in [0.4, 0.5) is 0 Å². The van der Waals surface area contributed by atoms with E-state index in [1.165, 1.54) is 0 Å². The maximum Gasteiger partial charge on any atom is 0.287 e. The molecule has 7 nitrogen and oxygen atoms in total. The highest BCUT2D eigenvalue weighted by Gasteiger charge is 2.12. The van der Waals surface area contributed by atoms with Crippen LogP contribution in [0.3, 0.4) is 0 Å². The summed E-state index contributed by atoms with van der Waals surface area (Å²) in [5.74, 6) is 0.762. The van der Waals surface area contributed by atoms with Gasteiger partial charge in [0, 0.05) is 30.5 Å². The average Bonchev–Trinajstić information content (AvgIpc) is 3.26. The number of nitrogens with one attached hydrogen (secondary N) is 1. The van der Waals surface area contributed by atoms with Crippen LogP contribution in [0.15, 0.2) is 35.0 Å². The summed E-state index contributed by atoms with van der Waals surface area (Å²) in [6.07, 6.45) is 3.66. The molecular weight excluding hydrogens is 306 g/mol. The van der Waals surface area contributed by atoms with Crippen LogP contribution in [0.2, 0.25) is 0 Å². The van der Waals surface area contributed by atoms with E-state index in [0.29, 0.717) is 24.6 Å². The molecule has 126 valence electrons. The molecule has 0 spiro atoms. The number of carbonyl (C=O) groups excluding carboxylic acids is 1. The van der Waals surface area contributed by atoms with Crippen molar-refractivity contribution in [2.45, 2.75) is 40.4 Å². The third kappa shape index (κ3) is 3.56. The summed E-state index contributed by atoms with van der Waals surface area (Å²) in [4.78, 5) is 12.2. The van der Waals surface area contributed by atoms with E-state index in [0.717, 1.165) is 23.5 Å². The third-order valence-electron chi connectivity index (χ3n) is 3.76. The molecule has 0 saturated carbocycles. The van der Waals surface area contributed by atoms with Gasteiger partial charge < -0.3 is 9.73 Å². The minimum atomic E-state index is -0.237. The molecule has 3 heterocycles. The van der Waals surface area contributed by atoms with E-state index in [2.05, 4.69) is 15.5 Å². The van der Waals surface area contributed by atoms with E-state index in [1.807, 2.05) is 42.4 Å². The van der Waals surface area contributed by atoms with Gasteiger partial charge >= 0.3 is 0 Å². The molecule has 0 aliphatic carbocycles. The van der Waals surface area contributed by atoms with Gasteiger partial charge in [-0.2, -0.15) is 10.2 Å². The Morgan fingerprint density at radius 1 is 1.33 bits per heavy atom. The standard InChI is InChI=1S/C17H21N5O2/c1-4-21-10-14(9-19-21)8-18-17(23)16-6-5-15(24-16)11-22-13(3)7-12(2)20-22/h5-7,9-10H,4,8,11H2,1-3H3,(H,18,23). The van der Waals surface area contributed by atoms with Gasteiger partial charge in [0.05, 0.1) is 18.4 Å². The maximum atomic E-state index is 12.2. The predicted molar refractivity (Wildman–Crippen MR) is 88.6 cm³/mol. The van der Waals surface area contributed by atoms with Crippen molar-refractivity contribution in [1.82, 2.24) is 24.9 Å². The summed E-state index contributed by atoms with van der Waals surface area (Å²) >= 11 is 0. The Morgan fingerprint density at radius 3 is 2.83 bits per heavy atom. The first-order valence-electron chi connectivity index (χ1n) is 7.94. The van der Waals surface area contributed by atoms with Crippen molar-refractivity contribution in [1.29, 1.82) is 0 Å². The maximum absolute atomic E-state index is 12.2. The first-order valence-corrected chi connectivity index (χ1v) is 7.94. The average molecular weight is 327 g/mol. The fraction of sp³-hybridized carbons (Fsp3) is 0.353. The summed E-state index contributed by atoms with van der Waals surface area (Å²) in [6.45, 7) is 7.70. The normalized spacial score (nSPS) is 11.0. The molecule has 3 aromatic heterocycles. The molecule has 7 heteroatoms. The summed E-state index contributed by atoms with van der Waals surface area (Å²) < 4.78 is 9.31. The summed E-state index contributed by atoms with van der Waals surface area (Å²) in [6, 6.07) is 5.50. The van der Waals surface area contributed by atoms with Gasteiger partial charge in [-0.3, -0.25) is 14.2 Å². The van der Waals surface area contributed by atoms with Crippen LogP contribution in [0.5, 0.6) is 0 Å². The molecule has 0 atom stereocenters. The zero-order valence-electron chi connectivity index (χ0n) is 14.1. The molecule has 0 fully saturated rings. The van der Waals surface area contributed by atoms with Gasteiger partial charge in [-0.1, -0.05) is 0 Å². The molecule has 0 aliphatic heterocycles. The van der Waals surface area contributed by atoms with Crippen molar-refractivity contribution in [3.63, 3.8) is 0 Å². The van der Waals surface area contributed by atoms with Gasteiger partial charge in [-0.05, 0) is 39.0 Å². The van der Waals surface area contributed by atoms with Crippen molar-refractivity contribution in [3.05, 3.63) is 59.1 Å². The van der Waals surface area contributed by atoms with E-state index in [4.69, 9.17) is 4.42 Å². The van der Waals surface area contributed by atoms with E-state index < -0.39 is 0 Å². The summed E-state index contributed by atoms with van der Waals surface area (Å²) in [7, 11) is 0. The van der Waals surface area contributed by atoms with Crippen molar-refractivity contribution >= 4 is 5.91 Å². The molecule has 0 radical (unpaired) electrons. The van der Waals surface area contributed by atoms with Crippen molar-refractivity contribution in [2.24, 2.45) is 0 Å². The molecule has 0 saturated heterocycles. The van der Waals surface area contributed by atoms with Gasteiger partial charge in [0.1, 0.15) is 5.76 Å². The Morgan fingerprint density at radius 2 is 2.17 bits per heavy atom. The minimum Gasteiger partial charge on any atom is -0.454 e. The largest absolute Gasteiger partial charge is 0.454 e. The number of hydrogen-bond donors (Lipinski definition) is 1. The van der Waals surface area contributed by atoms with Gasteiger partial charge in [-0.25, -0.2) is 0 Å². The number of amides is 1. The zero-order valence-corrected chi connectivity index (χ0v) is 14.1. The lowest BCUT2D eigenvalue weighted by Crippen LogP contribution is -2.22. The lowest BCUT2D eigenvalue weighted by Gasteiger charge is -2.02. The third-order valence-corrected chi connectivity index (χ3v) is 3.76. The molecular formula is C17H21N5O2. The van der Waals surface area contributed by atoms with Crippen molar-refractivity contribution in [2.75, 3.05) is 0 Å². The first-order chi connectivity index (χ1) is 11.5. The van der Waals surface area contributed by atoms with E-state index >= 15 is 0 Å². The van der Waals surface area contributed by atoms with Crippen LogP contribution >= 0.6 is 0 Å². The molecule has 0 bridgehead atoms. The second-order valence-corrected chi connectivity index (χ2v) is 5.74. The van der Waals surface area contributed by atoms with Crippen LogP contribution in [0.25, 0.3) is 0 Å². The number of carbonyl (C=O) groups is 1. The van der Waals surface area contributed by atoms with Gasteiger partial charge in [0.15, 0.2) is 5.76 Å². The van der Waals surface area contributed by atoms with Crippen LogP contribution in [0.1, 0.15) is 40.2 Å². The predicted octanol–water partition coefficient (Wildman–Crippen LogP) is 2.29. The molecule has 24 heavy (non-hydrogen) atoms. The van der Waals surface area contributed by atoms with Crippen molar-refractivity contribution in [3.8, 4) is 0 Å². The van der Waals surface area contributed by atoms with Gasteiger partial charge in [0.25, 0.3) is 5.91 Å². The number of furan rings is 1. The topological polar surface area (TPSA) is 77.9 Å².